The van der Waals surface area contributed by atoms with Crippen molar-refractivity contribution in [3.05, 3.63) is 23.8 Å². The molecule has 0 aromatic heterocycles. The highest BCUT2D eigenvalue weighted by Crippen LogP contribution is 2.25. The third kappa shape index (κ3) is 3.99. The molecule has 0 aliphatic rings. The molecule has 0 aliphatic carbocycles. The molecule has 0 amide bonds. The minimum atomic E-state index is -3.31. The molecular weight excluding hydrogens is 250 g/mol. The zero-order valence-electron chi connectivity index (χ0n) is 11.4. The van der Waals surface area contributed by atoms with Gasteiger partial charge in [-0.05, 0) is 24.6 Å². The summed E-state index contributed by atoms with van der Waals surface area (Å²) in [4.78, 5) is 0.274. The van der Waals surface area contributed by atoms with Crippen molar-refractivity contribution in [2.75, 3.05) is 19.4 Å². The van der Waals surface area contributed by atoms with Crippen LogP contribution in [0.1, 0.15) is 19.4 Å². The quantitative estimate of drug-likeness (QED) is 0.857. The first-order valence-corrected chi connectivity index (χ1v) is 7.63. The fourth-order valence-corrected chi connectivity index (χ4v) is 3.05. The average molecular weight is 271 g/mol. The summed E-state index contributed by atoms with van der Waals surface area (Å²) >= 11 is 0. The number of rotatable bonds is 6. The molecule has 0 saturated carbocycles. The number of ether oxygens (including phenoxy) is 1. The van der Waals surface area contributed by atoms with Crippen molar-refractivity contribution in [1.82, 2.24) is 5.32 Å². The van der Waals surface area contributed by atoms with Crippen LogP contribution in [0.5, 0.6) is 5.75 Å². The molecule has 0 saturated heterocycles. The maximum absolute atomic E-state index is 12.2. The highest BCUT2D eigenvalue weighted by Gasteiger charge is 2.19. The first-order valence-electron chi connectivity index (χ1n) is 5.97. The first-order chi connectivity index (χ1) is 8.36. The summed E-state index contributed by atoms with van der Waals surface area (Å²) in [6.45, 7) is 6.28. The maximum atomic E-state index is 12.2. The van der Waals surface area contributed by atoms with Crippen molar-refractivity contribution in [2.45, 2.75) is 31.7 Å². The van der Waals surface area contributed by atoms with Crippen LogP contribution in [0.25, 0.3) is 0 Å². The molecule has 4 nitrogen and oxygen atoms in total. The van der Waals surface area contributed by atoms with Gasteiger partial charge in [-0.1, -0.05) is 19.9 Å². The van der Waals surface area contributed by atoms with E-state index >= 15 is 0 Å². The van der Waals surface area contributed by atoms with Gasteiger partial charge in [0.25, 0.3) is 0 Å². The van der Waals surface area contributed by atoms with Crippen molar-refractivity contribution < 1.29 is 13.2 Å². The van der Waals surface area contributed by atoms with Crippen LogP contribution >= 0.6 is 0 Å². The predicted molar refractivity (Wildman–Crippen MR) is 72.9 cm³/mol. The van der Waals surface area contributed by atoms with Gasteiger partial charge in [-0.15, -0.1) is 0 Å². The Morgan fingerprint density at radius 1 is 1.33 bits per heavy atom. The van der Waals surface area contributed by atoms with E-state index in [1.165, 1.54) is 7.11 Å². The molecule has 0 atom stereocenters. The standard InChI is InChI=1S/C13H21NO3S/c1-10(2)14-7-8-18(15,16)13-9-11(3)5-6-12(13)17-4/h5-6,9-10,14H,7-8H2,1-4H3. The van der Waals surface area contributed by atoms with E-state index in [4.69, 9.17) is 4.74 Å². The number of methoxy groups -OCH3 is 1. The van der Waals surface area contributed by atoms with Crippen LogP contribution in [0.4, 0.5) is 0 Å². The molecule has 1 N–H and O–H groups in total. The molecule has 1 aromatic rings. The molecule has 1 aromatic carbocycles. The topological polar surface area (TPSA) is 55.4 Å². The molecule has 1 rings (SSSR count). The number of nitrogens with one attached hydrogen (secondary N) is 1. The number of benzene rings is 1. The summed E-state index contributed by atoms with van der Waals surface area (Å²) in [7, 11) is -1.83. The number of aryl methyl sites for hydroxylation is 1. The van der Waals surface area contributed by atoms with Gasteiger partial charge in [0.05, 0.1) is 12.9 Å². The van der Waals surface area contributed by atoms with Crippen LogP contribution in [0.3, 0.4) is 0 Å². The Labute approximate surface area is 109 Å². The van der Waals surface area contributed by atoms with E-state index in [1.54, 1.807) is 12.1 Å². The fourth-order valence-electron chi connectivity index (χ4n) is 1.62. The normalized spacial score (nSPS) is 11.8. The number of hydrogen-bond donors (Lipinski definition) is 1. The molecule has 102 valence electrons. The van der Waals surface area contributed by atoms with E-state index in [9.17, 15) is 8.42 Å². The summed E-state index contributed by atoms with van der Waals surface area (Å²) in [5.41, 5.74) is 0.909. The van der Waals surface area contributed by atoms with E-state index < -0.39 is 9.84 Å². The molecule has 0 heterocycles. The molecule has 18 heavy (non-hydrogen) atoms. The zero-order valence-corrected chi connectivity index (χ0v) is 12.2. The van der Waals surface area contributed by atoms with Gasteiger partial charge in [-0.25, -0.2) is 8.42 Å². The smallest absolute Gasteiger partial charge is 0.183 e. The van der Waals surface area contributed by atoms with Crippen molar-refractivity contribution in [3.63, 3.8) is 0 Å². The molecule has 5 heteroatoms. The van der Waals surface area contributed by atoms with Gasteiger partial charge in [-0.3, -0.25) is 0 Å². The molecule has 0 bridgehead atoms. The lowest BCUT2D eigenvalue weighted by atomic mass is 10.2. The largest absolute Gasteiger partial charge is 0.495 e. The highest BCUT2D eigenvalue weighted by atomic mass is 32.2. The van der Waals surface area contributed by atoms with Crippen LogP contribution in [0.2, 0.25) is 0 Å². The Bertz CT molecular complexity index is 495. The van der Waals surface area contributed by atoms with Crippen molar-refractivity contribution in [2.24, 2.45) is 0 Å². The summed E-state index contributed by atoms with van der Waals surface area (Å²) in [5.74, 6) is 0.482. The molecule has 0 radical (unpaired) electrons. The lowest BCUT2D eigenvalue weighted by Gasteiger charge is -2.12. The Morgan fingerprint density at radius 3 is 2.56 bits per heavy atom. The Morgan fingerprint density at radius 2 is 2.00 bits per heavy atom. The SMILES string of the molecule is COc1ccc(C)cc1S(=O)(=O)CCNC(C)C. The molecule has 0 unspecified atom stereocenters. The predicted octanol–water partition coefficient (Wildman–Crippen LogP) is 1.78. The van der Waals surface area contributed by atoms with Crippen LogP contribution in [0, 0.1) is 6.92 Å². The van der Waals surface area contributed by atoms with E-state index in [0.717, 1.165) is 5.56 Å². The lowest BCUT2D eigenvalue weighted by Crippen LogP contribution is -2.28. The van der Waals surface area contributed by atoms with Gasteiger partial charge in [0.2, 0.25) is 0 Å². The van der Waals surface area contributed by atoms with Gasteiger partial charge in [0, 0.05) is 12.6 Å². The van der Waals surface area contributed by atoms with Gasteiger partial charge < -0.3 is 10.1 Å². The summed E-state index contributed by atoms with van der Waals surface area (Å²) in [6.07, 6.45) is 0. The fraction of sp³-hybridized carbons (Fsp3) is 0.538. The third-order valence-electron chi connectivity index (χ3n) is 2.58. The molecule has 0 spiro atoms. The van der Waals surface area contributed by atoms with E-state index in [0.29, 0.717) is 12.3 Å². The summed E-state index contributed by atoms with van der Waals surface area (Å²) in [6, 6.07) is 5.46. The highest BCUT2D eigenvalue weighted by molar-refractivity contribution is 7.91. The summed E-state index contributed by atoms with van der Waals surface area (Å²) in [5, 5.41) is 3.10. The van der Waals surface area contributed by atoms with E-state index in [2.05, 4.69) is 5.32 Å². The van der Waals surface area contributed by atoms with Gasteiger partial charge >= 0.3 is 0 Å². The minimum absolute atomic E-state index is 0.0744. The second-order valence-corrected chi connectivity index (χ2v) is 6.66. The van der Waals surface area contributed by atoms with E-state index in [-0.39, 0.29) is 16.7 Å². The van der Waals surface area contributed by atoms with Gasteiger partial charge in [0.1, 0.15) is 10.6 Å². The van der Waals surface area contributed by atoms with Crippen LogP contribution < -0.4 is 10.1 Å². The minimum Gasteiger partial charge on any atom is -0.495 e. The molecule has 0 aliphatic heterocycles. The molecular formula is C13H21NO3S. The zero-order chi connectivity index (χ0) is 13.8. The summed E-state index contributed by atoms with van der Waals surface area (Å²) < 4.78 is 29.6. The van der Waals surface area contributed by atoms with Gasteiger partial charge in [-0.2, -0.15) is 0 Å². The molecule has 0 fully saturated rings. The third-order valence-corrected chi connectivity index (χ3v) is 4.31. The Balaban J connectivity index is 2.93. The van der Waals surface area contributed by atoms with E-state index in [1.807, 2.05) is 26.8 Å². The number of sulfone groups is 1. The van der Waals surface area contributed by atoms with Crippen LogP contribution in [-0.2, 0) is 9.84 Å². The number of hydrogen-bond acceptors (Lipinski definition) is 4. The van der Waals surface area contributed by atoms with Crippen molar-refractivity contribution in [3.8, 4) is 5.75 Å². The monoisotopic (exact) mass is 271 g/mol. The van der Waals surface area contributed by atoms with Crippen molar-refractivity contribution >= 4 is 9.84 Å². The lowest BCUT2D eigenvalue weighted by molar-refractivity contribution is 0.402. The average Bonchev–Trinajstić information content (AvgIpc) is 2.28. The van der Waals surface area contributed by atoms with Crippen LogP contribution in [-0.4, -0.2) is 33.9 Å². The first kappa shape index (κ1) is 15.0. The van der Waals surface area contributed by atoms with Gasteiger partial charge in [0.15, 0.2) is 9.84 Å². The van der Waals surface area contributed by atoms with Crippen LogP contribution in [0.15, 0.2) is 23.1 Å². The van der Waals surface area contributed by atoms with Crippen molar-refractivity contribution in [1.29, 1.82) is 0 Å². The second-order valence-electron chi connectivity index (χ2n) is 4.58. The second kappa shape index (κ2) is 6.20. The maximum Gasteiger partial charge on any atom is 0.183 e. The Kier molecular flexibility index (Phi) is 5.16. The Hall–Kier alpha value is -1.07.